The van der Waals surface area contributed by atoms with Crippen molar-refractivity contribution >= 4 is 17.4 Å². The molecule has 0 unspecified atom stereocenters. The van der Waals surface area contributed by atoms with Crippen LogP contribution in [-0.2, 0) is 0 Å². The van der Waals surface area contributed by atoms with Gasteiger partial charge in [-0.05, 0) is 50.8 Å². The number of aromatic nitrogens is 4. The lowest BCUT2D eigenvalue weighted by Crippen LogP contribution is -2.52. The summed E-state index contributed by atoms with van der Waals surface area (Å²) >= 11 is 0. The summed E-state index contributed by atoms with van der Waals surface area (Å²) in [6.45, 7) is 8.24. The van der Waals surface area contributed by atoms with Crippen LogP contribution in [0.4, 0.5) is 5.69 Å². The number of aryl methyl sites for hydroxylation is 1. The molecular weight excluding hydrogens is 314 g/mol. The third kappa shape index (κ3) is 2.40. The van der Waals surface area contributed by atoms with E-state index in [0.29, 0.717) is 23.2 Å². The molecule has 1 aliphatic rings. The Morgan fingerprint density at radius 1 is 1.24 bits per heavy atom. The molecule has 3 aromatic rings. The largest absolute Gasteiger partial charge is 0.301 e. The Morgan fingerprint density at radius 3 is 2.80 bits per heavy atom. The van der Waals surface area contributed by atoms with Crippen LogP contribution in [-0.4, -0.2) is 31.0 Å². The van der Waals surface area contributed by atoms with Crippen LogP contribution in [0.15, 0.2) is 36.5 Å². The molecule has 1 aliphatic heterocycles. The Bertz CT molecular complexity index is 975. The van der Waals surface area contributed by atoms with Crippen LogP contribution in [0.1, 0.15) is 55.0 Å². The highest BCUT2D eigenvalue weighted by Crippen LogP contribution is 2.43. The van der Waals surface area contributed by atoms with Crippen LogP contribution in [0.2, 0.25) is 0 Å². The van der Waals surface area contributed by atoms with E-state index in [1.165, 1.54) is 10.1 Å². The van der Waals surface area contributed by atoms with Crippen molar-refractivity contribution in [3.8, 4) is 0 Å². The van der Waals surface area contributed by atoms with Crippen molar-refractivity contribution in [3.63, 3.8) is 0 Å². The van der Waals surface area contributed by atoms with Crippen molar-refractivity contribution in [3.05, 3.63) is 53.6 Å². The predicted molar refractivity (Wildman–Crippen MR) is 95.9 cm³/mol. The molecule has 0 aliphatic carbocycles. The average molecular weight is 335 g/mol. The summed E-state index contributed by atoms with van der Waals surface area (Å²) in [4.78, 5) is 23.9. The molecule has 6 nitrogen and oxygen atoms in total. The van der Waals surface area contributed by atoms with Crippen molar-refractivity contribution in [2.24, 2.45) is 0 Å². The quantitative estimate of drug-likeness (QED) is 0.684. The van der Waals surface area contributed by atoms with Gasteiger partial charge >= 0.3 is 0 Å². The zero-order chi connectivity index (χ0) is 17.8. The summed E-state index contributed by atoms with van der Waals surface area (Å²) in [5, 5.41) is 4.34. The number of amides is 1. The SMILES string of the molecule is Cc1nc2nccc(C(=O)N3c4ccccc4[C@H](C)CC3(C)C)n2n1. The number of rotatable bonds is 1. The van der Waals surface area contributed by atoms with Gasteiger partial charge in [-0.25, -0.2) is 4.98 Å². The van der Waals surface area contributed by atoms with Crippen LogP contribution in [0, 0.1) is 6.92 Å². The number of carbonyl (C=O) groups is 1. The second kappa shape index (κ2) is 5.37. The fourth-order valence-corrected chi connectivity index (χ4v) is 3.94. The number of fused-ring (bicyclic) bond motifs is 2. The third-order valence-corrected chi connectivity index (χ3v) is 4.89. The Hall–Kier alpha value is -2.76. The standard InChI is InChI=1S/C19H21N5O/c1-12-11-19(3,4)23(15-8-6-5-7-14(12)15)17(25)16-9-10-20-18-21-13(2)22-24(16)18/h5-10,12H,11H2,1-4H3/t12-/m1/s1. The van der Waals surface area contributed by atoms with Gasteiger partial charge in [0.25, 0.3) is 11.7 Å². The monoisotopic (exact) mass is 335 g/mol. The number of hydrogen-bond acceptors (Lipinski definition) is 4. The van der Waals surface area contributed by atoms with Crippen molar-refractivity contribution in [2.45, 2.75) is 45.6 Å². The van der Waals surface area contributed by atoms with E-state index in [2.05, 4.69) is 41.9 Å². The number of para-hydroxylation sites is 1. The number of anilines is 1. The molecule has 1 amide bonds. The second-order valence-corrected chi connectivity index (χ2v) is 7.32. The molecular formula is C19H21N5O. The zero-order valence-electron chi connectivity index (χ0n) is 14.9. The molecule has 2 aromatic heterocycles. The molecule has 3 heterocycles. The van der Waals surface area contributed by atoms with Crippen LogP contribution in [0.5, 0.6) is 0 Å². The van der Waals surface area contributed by atoms with E-state index in [-0.39, 0.29) is 11.4 Å². The van der Waals surface area contributed by atoms with Crippen molar-refractivity contribution in [1.29, 1.82) is 0 Å². The van der Waals surface area contributed by atoms with Crippen molar-refractivity contribution in [2.75, 3.05) is 4.90 Å². The Labute approximate surface area is 146 Å². The summed E-state index contributed by atoms with van der Waals surface area (Å²) in [5.74, 6) is 1.36. The molecule has 0 spiro atoms. The number of benzene rings is 1. The lowest BCUT2D eigenvalue weighted by molar-refractivity contribution is 0.0946. The summed E-state index contributed by atoms with van der Waals surface area (Å²) in [6, 6.07) is 9.85. The first-order chi connectivity index (χ1) is 11.9. The van der Waals surface area contributed by atoms with E-state index >= 15 is 0 Å². The molecule has 6 heteroatoms. The summed E-state index contributed by atoms with van der Waals surface area (Å²) in [7, 11) is 0. The molecule has 4 rings (SSSR count). The minimum Gasteiger partial charge on any atom is -0.301 e. The molecule has 0 N–H and O–H groups in total. The van der Waals surface area contributed by atoms with Crippen LogP contribution in [0.25, 0.3) is 5.78 Å². The van der Waals surface area contributed by atoms with Gasteiger partial charge in [-0.2, -0.15) is 9.50 Å². The summed E-state index contributed by atoms with van der Waals surface area (Å²) in [5.41, 5.74) is 2.35. The highest BCUT2D eigenvalue weighted by molar-refractivity contribution is 6.07. The first-order valence-electron chi connectivity index (χ1n) is 8.50. The first kappa shape index (κ1) is 15.7. The van der Waals surface area contributed by atoms with Gasteiger partial charge in [-0.15, -0.1) is 5.10 Å². The van der Waals surface area contributed by atoms with E-state index in [1.54, 1.807) is 19.2 Å². The highest BCUT2D eigenvalue weighted by Gasteiger charge is 2.40. The number of nitrogens with zero attached hydrogens (tertiary/aromatic N) is 5. The summed E-state index contributed by atoms with van der Waals surface area (Å²) in [6.07, 6.45) is 2.52. The minimum absolute atomic E-state index is 0.0818. The van der Waals surface area contributed by atoms with Gasteiger partial charge in [-0.1, -0.05) is 25.1 Å². The fourth-order valence-electron chi connectivity index (χ4n) is 3.94. The highest BCUT2D eigenvalue weighted by atomic mass is 16.2. The van der Waals surface area contributed by atoms with Crippen LogP contribution < -0.4 is 4.90 Å². The van der Waals surface area contributed by atoms with Gasteiger partial charge in [0, 0.05) is 17.4 Å². The smallest absolute Gasteiger partial charge is 0.277 e. The van der Waals surface area contributed by atoms with Gasteiger partial charge in [0.15, 0.2) is 0 Å². The molecule has 25 heavy (non-hydrogen) atoms. The Kier molecular flexibility index (Phi) is 3.39. The average Bonchev–Trinajstić information content (AvgIpc) is 2.93. The molecule has 0 fully saturated rings. The molecule has 0 saturated carbocycles. The van der Waals surface area contributed by atoms with Crippen LogP contribution in [0.3, 0.4) is 0 Å². The predicted octanol–water partition coefficient (Wildman–Crippen LogP) is 3.37. The number of hydrogen-bond donors (Lipinski definition) is 0. The molecule has 1 atom stereocenters. The minimum atomic E-state index is -0.296. The molecule has 0 saturated heterocycles. The normalized spacial score (nSPS) is 19.0. The molecule has 0 radical (unpaired) electrons. The maximum Gasteiger partial charge on any atom is 0.277 e. The third-order valence-electron chi connectivity index (χ3n) is 4.89. The molecule has 128 valence electrons. The first-order valence-corrected chi connectivity index (χ1v) is 8.50. The topological polar surface area (TPSA) is 63.4 Å². The zero-order valence-corrected chi connectivity index (χ0v) is 14.9. The van der Waals surface area contributed by atoms with Gasteiger partial charge in [-0.3, -0.25) is 4.79 Å². The van der Waals surface area contributed by atoms with Gasteiger partial charge in [0.05, 0.1) is 0 Å². The van der Waals surface area contributed by atoms with Gasteiger partial charge in [0.2, 0.25) is 0 Å². The maximum absolute atomic E-state index is 13.5. The van der Waals surface area contributed by atoms with E-state index in [1.807, 2.05) is 23.1 Å². The van der Waals surface area contributed by atoms with E-state index in [0.717, 1.165) is 12.1 Å². The summed E-state index contributed by atoms with van der Waals surface area (Å²) < 4.78 is 1.54. The Balaban J connectivity index is 1.90. The van der Waals surface area contributed by atoms with E-state index in [9.17, 15) is 4.79 Å². The Morgan fingerprint density at radius 2 is 2.00 bits per heavy atom. The molecule has 1 aromatic carbocycles. The van der Waals surface area contributed by atoms with Crippen molar-refractivity contribution < 1.29 is 4.79 Å². The van der Waals surface area contributed by atoms with Gasteiger partial charge < -0.3 is 4.90 Å². The van der Waals surface area contributed by atoms with E-state index in [4.69, 9.17) is 0 Å². The van der Waals surface area contributed by atoms with E-state index < -0.39 is 0 Å². The fraction of sp³-hybridized carbons (Fsp3) is 0.368. The number of carbonyl (C=O) groups excluding carboxylic acids is 1. The van der Waals surface area contributed by atoms with Crippen molar-refractivity contribution in [1.82, 2.24) is 19.6 Å². The van der Waals surface area contributed by atoms with Gasteiger partial charge in [0.1, 0.15) is 11.5 Å². The maximum atomic E-state index is 13.5. The lowest BCUT2D eigenvalue weighted by atomic mass is 9.80. The lowest BCUT2D eigenvalue weighted by Gasteiger charge is -2.45. The molecule has 0 bridgehead atoms. The van der Waals surface area contributed by atoms with Crippen LogP contribution >= 0.6 is 0 Å². The second-order valence-electron chi connectivity index (χ2n) is 7.32.